The molecule has 0 bridgehead atoms. The van der Waals surface area contributed by atoms with E-state index in [1.54, 1.807) is 26.1 Å². The molecule has 4 N–H and O–H groups in total. The Labute approximate surface area is 299 Å². The van der Waals surface area contributed by atoms with E-state index >= 15 is 0 Å². The summed E-state index contributed by atoms with van der Waals surface area (Å²) in [4.78, 5) is 35.9. The highest BCUT2D eigenvalue weighted by Gasteiger charge is 2.51. The highest BCUT2D eigenvalue weighted by Crippen LogP contribution is 2.48. The first kappa shape index (κ1) is 38.1. The zero-order chi connectivity index (χ0) is 36.5. The third-order valence-corrected chi connectivity index (χ3v) is 12.3. The molecule has 10 nitrogen and oxygen atoms in total. The van der Waals surface area contributed by atoms with Crippen molar-refractivity contribution in [1.29, 1.82) is 0 Å². The molecule has 8 atom stereocenters. The Bertz CT molecular complexity index is 1510. The number of ether oxygens (including phenoxy) is 1. The predicted octanol–water partition coefficient (Wildman–Crippen LogP) is 5.09. The van der Waals surface area contributed by atoms with Gasteiger partial charge in [-0.25, -0.2) is 0 Å². The molecule has 50 heavy (non-hydrogen) atoms. The van der Waals surface area contributed by atoms with Crippen LogP contribution >= 0.6 is 0 Å². The molecule has 10 heteroatoms. The van der Waals surface area contributed by atoms with Gasteiger partial charge in [-0.05, 0) is 85.6 Å². The first-order valence-electron chi connectivity index (χ1n) is 18.5. The first-order valence-corrected chi connectivity index (χ1v) is 18.5. The van der Waals surface area contributed by atoms with E-state index < -0.39 is 18.1 Å². The quantitative estimate of drug-likeness (QED) is 0.230. The number of aliphatic hydroxyl groups is 1. The monoisotopic (exact) mass is 691 g/mol. The van der Waals surface area contributed by atoms with Gasteiger partial charge in [0.2, 0.25) is 5.91 Å². The Morgan fingerprint density at radius 1 is 1.12 bits per heavy atom. The van der Waals surface area contributed by atoms with Crippen molar-refractivity contribution in [3.05, 3.63) is 47.5 Å². The molecular formula is C40H61N5O5. The van der Waals surface area contributed by atoms with E-state index in [0.29, 0.717) is 41.5 Å². The maximum atomic E-state index is 14.5. The molecule has 1 saturated heterocycles. The zero-order valence-corrected chi connectivity index (χ0v) is 31.9. The van der Waals surface area contributed by atoms with E-state index in [1.165, 1.54) is 12.8 Å². The molecule has 3 fully saturated rings. The van der Waals surface area contributed by atoms with Crippen LogP contribution in [0, 0.1) is 35.0 Å². The summed E-state index contributed by atoms with van der Waals surface area (Å²) in [5, 5.41) is 22.8. The van der Waals surface area contributed by atoms with Crippen LogP contribution in [0.4, 0.5) is 5.69 Å². The van der Waals surface area contributed by atoms with E-state index in [4.69, 9.17) is 9.57 Å². The van der Waals surface area contributed by atoms with Gasteiger partial charge in [0.25, 0.3) is 5.91 Å². The standard InChI is InChI=1S/C40H61N5O5/c1-23-16-33(24(2)25(3)40(23,5)6)43-39(48)36-35(26(4)46)34(21-42-20-27-14-15-27)50-45(36)22-28-12-11-13-32(37(28)49-10)29-17-30(38(47)41-7)19-31(18-29)44(8)9/h11-13,17-19,23-27,33-36,42,46H,14-16,20-22H2,1-10H3,(H,41,47)(H,43,48)/t23-,24+,25+,26+,33+,34+,35-,36+/m1/s1. The van der Waals surface area contributed by atoms with Gasteiger partial charge < -0.3 is 30.7 Å². The largest absolute Gasteiger partial charge is 0.496 e. The predicted molar refractivity (Wildman–Crippen MR) is 199 cm³/mol. The first-order chi connectivity index (χ1) is 23.7. The fourth-order valence-electron chi connectivity index (χ4n) is 8.12. The molecule has 2 aromatic carbocycles. The normalized spacial score (nSPS) is 28.6. The lowest BCUT2D eigenvalue weighted by Gasteiger charge is -2.50. The second kappa shape index (κ2) is 15.6. The summed E-state index contributed by atoms with van der Waals surface area (Å²) in [5.41, 5.74) is 4.12. The average molecular weight is 692 g/mol. The van der Waals surface area contributed by atoms with Gasteiger partial charge >= 0.3 is 0 Å². The number of hydroxylamine groups is 2. The number of carbonyl (C=O) groups excluding carboxylic acids is 2. The third-order valence-electron chi connectivity index (χ3n) is 12.3. The summed E-state index contributed by atoms with van der Waals surface area (Å²) in [6.07, 6.45) is 2.23. The molecule has 5 rings (SSSR count). The number of hydrogen-bond acceptors (Lipinski definition) is 8. The Kier molecular flexibility index (Phi) is 11.9. The minimum Gasteiger partial charge on any atom is -0.496 e. The molecule has 276 valence electrons. The minimum absolute atomic E-state index is 0.0282. The van der Waals surface area contributed by atoms with Gasteiger partial charge in [0, 0.05) is 62.0 Å². The van der Waals surface area contributed by atoms with Crippen LogP contribution in [0.3, 0.4) is 0 Å². The summed E-state index contributed by atoms with van der Waals surface area (Å²) in [6, 6.07) is 11.0. The van der Waals surface area contributed by atoms with E-state index in [2.05, 4.69) is 50.6 Å². The summed E-state index contributed by atoms with van der Waals surface area (Å²) >= 11 is 0. The lowest BCUT2D eigenvalue weighted by atomic mass is 9.58. The van der Waals surface area contributed by atoms with Gasteiger partial charge in [0.15, 0.2) is 0 Å². The van der Waals surface area contributed by atoms with Gasteiger partial charge in [-0.3, -0.25) is 14.4 Å². The van der Waals surface area contributed by atoms with Crippen LogP contribution in [-0.2, 0) is 16.2 Å². The fraction of sp³-hybridized carbons (Fsp3) is 0.650. The number of methoxy groups -OCH3 is 1. The van der Waals surface area contributed by atoms with Crippen molar-refractivity contribution in [1.82, 2.24) is 21.0 Å². The lowest BCUT2D eigenvalue weighted by molar-refractivity contribution is -0.175. The number of amides is 2. The van der Waals surface area contributed by atoms with Crippen LogP contribution in [0.25, 0.3) is 11.1 Å². The maximum absolute atomic E-state index is 14.5. The number of para-hydroxylation sites is 1. The number of nitrogens with zero attached hydrogens (tertiary/aromatic N) is 2. The van der Waals surface area contributed by atoms with Crippen molar-refractivity contribution < 1.29 is 24.3 Å². The van der Waals surface area contributed by atoms with Crippen molar-refractivity contribution >= 4 is 17.5 Å². The molecule has 2 saturated carbocycles. The van der Waals surface area contributed by atoms with Crippen molar-refractivity contribution in [2.45, 2.75) is 91.6 Å². The molecule has 1 aliphatic heterocycles. The Balaban J connectivity index is 1.48. The van der Waals surface area contributed by atoms with Gasteiger partial charge in [-0.15, -0.1) is 0 Å². The van der Waals surface area contributed by atoms with Crippen molar-refractivity contribution in [2.75, 3.05) is 46.2 Å². The van der Waals surface area contributed by atoms with Gasteiger partial charge in [0.05, 0.1) is 25.9 Å². The van der Waals surface area contributed by atoms with Crippen molar-refractivity contribution in [2.24, 2.45) is 35.0 Å². The summed E-state index contributed by atoms with van der Waals surface area (Å²) in [6.45, 7) is 15.0. The summed E-state index contributed by atoms with van der Waals surface area (Å²) in [5.74, 6) is 1.80. The second-order valence-corrected chi connectivity index (χ2v) is 16.0. The van der Waals surface area contributed by atoms with E-state index in [-0.39, 0.29) is 35.9 Å². The van der Waals surface area contributed by atoms with Crippen LogP contribution in [-0.4, -0.2) is 87.6 Å². The van der Waals surface area contributed by atoms with Crippen LogP contribution in [0.1, 0.15) is 76.7 Å². The van der Waals surface area contributed by atoms with E-state index in [9.17, 15) is 14.7 Å². The van der Waals surface area contributed by atoms with Gasteiger partial charge in [-0.1, -0.05) is 52.8 Å². The lowest BCUT2D eigenvalue weighted by Crippen LogP contribution is -2.57. The Morgan fingerprint density at radius 3 is 2.46 bits per heavy atom. The number of nitrogens with one attached hydrogen (secondary N) is 3. The maximum Gasteiger partial charge on any atom is 0.251 e. The summed E-state index contributed by atoms with van der Waals surface area (Å²) in [7, 11) is 7.16. The minimum atomic E-state index is -0.769. The molecular weight excluding hydrogens is 630 g/mol. The van der Waals surface area contributed by atoms with Crippen LogP contribution in [0.15, 0.2) is 36.4 Å². The highest BCUT2D eigenvalue weighted by molar-refractivity contribution is 5.97. The fourth-order valence-corrected chi connectivity index (χ4v) is 8.12. The molecule has 0 aromatic heterocycles. The van der Waals surface area contributed by atoms with Gasteiger partial charge in [-0.2, -0.15) is 5.06 Å². The van der Waals surface area contributed by atoms with Gasteiger partial charge in [0.1, 0.15) is 11.8 Å². The van der Waals surface area contributed by atoms with Crippen LogP contribution in [0.2, 0.25) is 0 Å². The number of hydrogen-bond donors (Lipinski definition) is 4. The molecule has 1 heterocycles. The van der Waals surface area contributed by atoms with Crippen LogP contribution in [0.5, 0.6) is 5.75 Å². The second-order valence-electron chi connectivity index (χ2n) is 16.0. The van der Waals surface area contributed by atoms with Crippen molar-refractivity contribution in [3.63, 3.8) is 0 Å². The Hall–Kier alpha value is -3.18. The molecule has 3 aliphatic rings. The number of rotatable bonds is 13. The number of carbonyl (C=O) groups is 2. The average Bonchev–Trinajstić information content (AvgIpc) is 3.84. The third kappa shape index (κ3) is 7.98. The summed E-state index contributed by atoms with van der Waals surface area (Å²) < 4.78 is 6.08. The van der Waals surface area contributed by atoms with Crippen LogP contribution < -0.4 is 25.6 Å². The SMILES string of the molecule is CNC(=O)c1cc(-c2cccc(CN3O[C@@H](CNCC4CC4)[C@@H]([C@H](C)O)[C@H]3C(=O)N[C@H]3C[C@@H](C)C(C)(C)[C@@H](C)[C@@H]3C)c2OC)cc(N(C)C)c1. The molecule has 0 spiro atoms. The molecule has 2 amide bonds. The highest BCUT2D eigenvalue weighted by atomic mass is 16.7. The van der Waals surface area contributed by atoms with Crippen molar-refractivity contribution in [3.8, 4) is 16.9 Å². The number of benzene rings is 2. The van der Waals surface area contributed by atoms with E-state index in [0.717, 1.165) is 35.3 Å². The Morgan fingerprint density at radius 2 is 1.84 bits per heavy atom. The number of aliphatic hydroxyl groups excluding tert-OH is 1. The molecule has 2 aromatic rings. The topological polar surface area (TPSA) is 115 Å². The molecule has 0 radical (unpaired) electrons. The van der Waals surface area contributed by atoms with E-state index in [1.807, 2.05) is 55.4 Å². The zero-order valence-electron chi connectivity index (χ0n) is 31.9. The number of anilines is 1. The molecule has 0 unspecified atom stereocenters. The molecule has 2 aliphatic carbocycles. The smallest absolute Gasteiger partial charge is 0.251 e.